The monoisotopic (exact) mass is 257 g/mol. The van der Waals surface area contributed by atoms with Crippen LogP contribution >= 0.6 is 11.3 Å². The van der Waals surface area contributed by atoms with E-state index in [1.165, 1.54) is 4.88 Å². The van der Waals surface area contributed by atoms with Crippen molar-refractivity contribution in [3.63, 3.8) is 0 Å². The summed E-state index contributed by atoms with van der Waals surface area (Å²) in [5.74, 6) is 0.786. The van der Waals surface area contributed by atoms with Crippen molar-refractivity contribution in [1.82, 2.24) is 4.98 Å². The molecule has 4 heteroatoms. The van der Waals surface area contributed by atoms with Gasteiger partial charge in [0.2, 0.25) is 0 Å². The van der Waals surface area contributed by atoms with Crippen LogP contribution in [0.4, 0.5) is 5.82 Å². The van der Waals surface area contributed by atoms with Crippen molar-refractivity contribution in [2.45, 2.75) is 20.4 Å². The van der Waals surface area contributed by atoms with Gasteiger partial charge in [0.1, 0.15) is 11.9 Å². The van der Waals surface area contributed by atoms with Gasteiger partial charge in [-0.25, -0.2) is 4.98 Å². The molecule has 0 amide bonds. The quantitative estimate of drug-likeness (QED) is 0.843. The van der Waals surface area contributed by atoms with Gasteiger partial charge in [-0.2, -0.15) is 5.26 Å². The van der Waals surface area contributed by atoms with Crippen LogP contribution in [0.15, 0.2) is 29.6 Å². The SMILES string of the molecule is CCN(Cc1cccs1)c1nc(C)ccc1C#N. The smallest absolute Gasteiger partial charge is 0.147 e. The topological polar surface area (TPSA) is 39.9 Å². The average Bonchev–Trinajstić information content (AvgIpc) is 2.88. The zero-order valence-corrected chi connectivity index (χ0v) is 11.4. The molecular weight excluding hydrogens is 242 g/mol. The third-order valence-corrected chi connectivity index (χ3v) is 3.60. The van der Waals surface area contributed by atoms with E-state index >= 15 is 0 Å². The van der Waals surface area contributed by atoms with Gasteiger partial charge in [-0.05, 0) is 37.4 Å². The van der Waals surface area contributed by atoms with Gasteiger partial charge in [-0.15, -0.1) is 11.3 Å². The number of aromatic nitrogens is 1. The van der Waals surface area contributed by atoms with E-state index in [-0.39, 0.29) is 0 Å². The average molecular weight is 257 g/mol. The number of rotatable bonds is 4. The zero-order valence-electron chi connectivity index (χ0n) is 10.6. The Kier molecular flexibility index (Phi) is 3.96. The molecule has 0 atom stereocenters. The van der Waals surface area contributed by atoms with Crippen LogP contribution in [0.25, 0.3) is 0 Å². The third kappa shape index (κ3) is 2.69. The highest BCUT2D eigenvalue weighted by molar-refractivity contribution is 7.09. The molecule has 0 radical (unpaired) electrons. The zero-order chi connectivity index (χ0) is 13.0. The maximum Gasteiger partial charge on any atom is 0.147 e. The van der Waals surface area contributed by atoms with Gasteiger partial charge >= 0.3 is 0 Å². The lowest BCUT2D eigenvalue weighted by Gasteiger charge is -2.22. The predicted octanol–water partition coefficient (Wildman–Crippen LogP) is 3.35. The summed E-state index contributed by atoms with van der Waals surface area (Å²) in [6.45, 7) is 5.67. The lowest BCUT2D eigenvalue weighted by molar-refractivity contribution is 0.818. The van der Waals surface area contributed by atoms with Crippen LogP contribution in [0, 0.1) is 18.3 Å². The summed E-state index contributed by atoms with van der Waals surface area (Å²) in [6, 6.07) is 10.1. The first-order valence-corrected chi connectivity index (χ1v) is 6.77. The van der Waals surface area contributed by atoms with Gasteiger partial charge in [0.05, 0.1) is 12.1 Å². The van der Waals surface area contributed by atoms with Gasteiger partial charge in [0.15, 0.2) is 0 Å². The lowest BCUT2D eigenvalue weighted by Crippen LogP contribution is -2.23. The highest BCUT2D eigenvalue weighted by Gasteiger charge is 2.12. The Morgan fingerprint density at radius 1 is 1.39 bits per heavy atom. The summed E-state index contributed by atoms with van der Waals surface area (Å²) in [4.78, 5) is 7.92. The van der Waals surface area contributed by atoms with Gasteiger partial charge in [-0.1, -0.05) is 6.07 Å². The molecule has 0 saturated heterocycles. The standard InChI is InChI=1S/C14H15N3S/c1-3-17(10-13-5-4-8-18-13)14-12(9-15)7-6-11(2)16-14/h4-8H,3,10H2,1-2H3. The molecule has 0 bridgehead atoms. The molecule has 0 saturated carbocycles. The van der Waals surface area contributed by atoms with Gasteiger partial charge in [0, 0.05) is 17.1 Å². The summed E-state index contributed by atoms with van der Waals surface area (Å²) in [5.41, 5.74) is 1.58. The van der Waals surface area contributed by atoms with Crippen LogP contribution in [0.3, 0.4) is 0 Å². The Balaban J connectivity index is 2.32. The fourth-order valence-electron chi connectivity index (χ4n) is 1.80. The van der Waals surface area contributed by atoms with E-state index < -0.39 is 0 Å². The minimum Gasteiger partial charge on any atom is -0.351 e. The highest BCUT2D eigenvalue weighted by atomic mass is 32.1. The molecule has 0 fully saturated rings. The van der Waals surface area contributed by atoms with Crippen molar-refractivity contribution < 1.29 is 0 Å². The van der Waals surface area contributed by atoms with Gasteiger partial charge in [0.25, 0.3) is 0 Å². The molecule has 3 nitrogen and oxygen atoms in total. The molecule has 2 aromatic heterocycles. The predicted molar refractivity (Wildman–Crippen MR) is 74.7 cm³/mol. The van der Waals surface area contributed by atoms with Crippen LogP contribution in [0.5, 0.6) is 0 Å². The number of aryl methyl sites for hydroxylation is 1. The molecule has 2 aromatic rings. The number of pyridine rings is 1. The second-order valence-electron chi connectivity index (χ2n) is 4.03. The first-order chi connectivity index (χ1) is 8.74. The maximum absolute atomic E-state index is 9.17. The molecule has 0 aliphatic rings. The lowest BCUT2D eigenvalue weighted by atomic mass is 10.2. The fourth-order valence-corrected chi connectivity index (χ4v) is 2.52. The minimum absolute atomic E-state index is 0.638. The van der Waals surface area contributed by atoms with E-state index in [0.717, 1.165) is 24.6 Å². The first-order valence-electron chi connectivity index (χ1n) is 5.89. The van der Waals surface area contributed by atoms with Crippen LogP contribution in [0.1, 0.15) is 23.1 Å². The number of nitriles is 1. The second kappa shape index (κ2) is 5.65. The van der Waals surface area contributed by atoms with Crippen molar-refractivity contribution in [2.24, 2.45) is 0 Å². The van der Waals surface area contributed by atoms with Gasteiger partial charge in [-0.3, -0.25) is 0 Å². The van der Waals surface area contributed by atoms with Crippen LogP contribution in [0.2, 0.25) is 0 Å². The second-order valence-corrected chi connectivity index (χ2v) is 5.06. The molecule has 2 heterocycles. The Hall–Kier alpha value is -1.86. The Bertz CT molecular complexity index is 555. The largest absolute Gasteiger partial charge is 0.351 e. The van der Waals surface area contributed by atoms with Crippen molar-refractivity contribution in [1.29, 1.82) is 5.26 Å². The first kappa shape index (κ1) is 12.6. The highest BCUT2D eigenvalue weighted by Crippen LogP contribution is 2.21. The van der Waals surface area contributed by atoms with Crippen LogP contribution < -0.4 is 4.90 Å². The van der Waals surface area contributed by atoms with E-state index in [4.69, 9.17) is 5.26 Å². The Morgan fingerprint density at radius 2 is 2.22 bits per heavy atom. The molecule has 2 rings (SSSR count). The summed E-state index contributed by atoms with van der Waals surface area (Å²) in [7, 11) is 0. The molecule has 0 aromatic carbocycles. The number of anilines is 1. The van der Waals surface area contributed by atoms with Crippen molar-refractivity contribution in [3.05, 3.63) is 45.8 Å². The Labute approximate surface area is 111 Å². The summed E-state index contributed by atoms with van der Waals surface area (Å²) in [6.07, 6.45) is 0. The number of hydrogen-bond acceptors (Lipinski definition) is 4. The third-order valence-electron chi connectivity index (χ3n) is 2.74. The van der Waals surface area contributed by atoms with E-state index in [1.54, 1.807) is 11.3 Å². The minimum atomic E-state index is 0.638. The summed E-state index contributed by atoms with van der Waals surface area (Å²) >= 11 is 1.73. The Morgan fingerprint density at radius 3 is 2.83 bits per heavy atom. The molecule has 0 N–H and O–H groups in total. The molecule has 0 spiro atoms. The fraction of sp³-hybridized carbons (Fsp3) is 0.286. The summed E-state index contributed by atoms with van der Waals surface area (Å²) in [5, 5.41) is 11.2. The molecule has 18 heavy (non-hydrogen) atoms. The van der Waals surface area contributed by atoms with E-state index in [2.05, 4.69) is 34.3 Å². The van der Waals surface area contributed by atoms with Crippen LogP contribution in [-0.2, 0) is 6.54 Å². The normalized spacial score (nSPS) is 10.1. The van der Waals surface area contributed by atoms with Gasteiger partial charge < -0.3 is 4.90 Å². The maximum atomic E-state index is 9.17. The van der Waals surface area contributed by atoms with Crippen molar-refractivity contribution >= 4 is 17.2 Å². The van der Waals surface area contributed by atoms with Crippen molar-refractivity contribution in [3.8, 4) is 6.07 Å². The number of nitrogens with zero attached hydrogens (tertiary/aromatic N) is 3. The number of thiophene rings is 1. The number of hydrogen-bond donors (Lipinski definition) is 0. The van der Waals surface area contributed by atoms with Crippen molar-refractivity contribution in [2.75, 3.05) is 11.4 Å². The summed E-state index contributed by atoms with van der Waals surface area (Å²) < 4.78 is 0. The van der Waals surface area contributed by atoms with E-state index in [9.17, 15) is 0 Å². The van der Waals surface area contributed by atoms with Crippen LogP contribution in [-0.4, -0.2) is 11.5 Å². The molecule has 0 aliphatic carbocycles. The molecule has 92 valence electrons. The molecule has 0 unspecified atom stereocenters. The molecule has 0 aliphatic heterocycles. The van der Waals surface area contributed by atoms with E-state index in [0.29, 0.717) is 5.56 Å². The van der Waals surface area contributed by atoms with E-state index in [1.807, 2.05) is 25.1 Å². The molecular formula is C14H15N3S.